The Kier molecular flexibility index (Phi) is 6.55. The van der Waals surface area contributed by atoms with E-state index >= 15 is 0 Å². The molecule has 5 nitrogen and oxygen atoms in total. The molecule has 2 N–H and O–H groups in total. The monoisotopic (exact) mass is 333 g/mol. The Morgan fingerprint density at radius 1 is 1.35 bits per heavy atom. The third-order valence-corrected chi connectivity index (χ3v) is 4.52. The first-order valence-corrected chi connectivity index (χ1v) is 8.49. The Labute approximate surface area is 141 Å². The van der Waals surface area contributed by atoms with E-state index in [0.717, 1.165) is 22.7 Å². The first-order chi connectivity index (χ1) is 11.1. The molecule has 2 rings (SSSR count). The molecule has 0 aliphatic heterocycles. The molecule has 0 saturated carbocycles. The van der Waals surface area contributed by atoms with Gasteiger partial charge in [0.15, 0.2) is 0 Å². The maximum Gasteiger partial charge on any atom is 0.256 e. The number of hydrogen-bond donors (Lipinski definition) is 2. The van der Waals surface area contributed by atoms with E-state index in [2.05, 4.69) is 27.1 Å². The number of aromatic nitrogens is 1. The van der Waals surface area contributed by atoms with Gasteiger partial charge in [0.05, 0.1) is 17.4 Å². The maximum absolute atomic E-state index is 12.2. The molecular formula is C17H23N3O2S. The van der Waals surface area contributed by atoms with Gasteiger partial charge in [-0.25, -0.2) is 0 Å². The molecule has 0 bridgehead atoms. The molecule has 0 saturated heterocycles. The smallest absolute Gasteiger partial charge is 0.256 e. The van der Waals surface area contributed by atoms with E-state index in [0.29, 0.717) is 18.7 Å². The first kappa shape index (κ1) is 17.4. The highest BCUT2D eigenvalue weighted by Gasteiger charge is 2.16. The number of nitrogens with zero attached hydrogens (tertiary/aromatic N) is 1. The van der Waals surface area contributed by atoms with Crippen molar-refractivity contribution in [2.45, 2.75) is 26.4 Å². The molecule has 0 fully saturated rings. The lowest BCUT2D eigenvalue weighted by atomic mass is 10.1. The lowest BCUT2D eigenvalue weighted by Crippen LogP contribution is -2.26. The van der Waals surface area contributed by atoms with Crippen LogP contribution in [0.15, 0.2) is 30.3 Å². The number of nitrogens with one attached hydrogen (secondary N) is 2. The topological polar surface area (TPSA) is 63.2 Å². The second kappa shape index (κ2) is 8.64. The lowest BCUT2D eigenvalue weighted by Gasteiger charge is -2.13. The van der Waals surface area contributed by atoms with E-state index in [1.54, 1.807) is 7.05 Å². The van der Waals surface area contributed by atoms with Crippen molar-refractivity contribution in [1.82, 2.24) is 9.69 Å². The van der Waals surface area contributed by atoms with Crippen LogP contribution in [0.4, 0.5) is 5.00 Å². The second-order valence-corrected chi connectivity index (χ2v) is 6.03. The van der Waals surface area contributed by atoms with Crippen LogP contribution in [-0.2, 0) is 4.74 Å². The standard InChI is InChI=1S/C17H23N3O2S/c1-12-15(17(18-3)23-20-12)16(21)19-10-7-11-22-13(2)14-8-5-4-6-9-14/h4-6,8-9,13,18H,7,10-11H2,1-3H3,(H,19,21)/t13-/m0/s1. The van der Waals surface area contributed by atoms with Gasteiger partial charge in [-0.15, -0.1) is 0 Å². The molecule has 2 aromatic rings. The number of amides is 1. The highest BCUT2D eigenvalue weighted by atomic mass is 32.1. The van der Waals surface area contributed by atoms with Gasteiger partial charge in [0.2, 0.25) is 0 Å². The minimum atomic E-state index is -0.0864. The van der Waals surface area contributed by atoms with Gasteiger partial charge in [-0.3, -0.25) is 4.79 Å². The van der Waals surface area contributed by atoms with Crippen molar-refractivity contribution in [1.29, 1.82) is 0 Å². The summed E-state index contributed by atoms with van der Waals surface area (Å²) in [6.45, 7) is 5.07. The molecule has 1 aromatic heterocycles. The molecular weight excluding hydrogens is 310 g/mol. The number of carbonyl (C=O) groups excluding carboxylic acids is 1. The Morgan fingerprint density at radius 2 is 2.09 bits per heavy atom. The lowest BCUT2D eigenvalue weighted by molar-refractivity contribution is 0.0635. The predicted octanol–water partition coefficient (Wildman–Crippen LogP) is 3.39. The van der Waals surface area contributed by atoms with E-state index in [1.165, 1.54) is 11.5 Å². The Balaban J connectivity index is 1.71. The molecule has 1 amide bonds. The summed E-state index contributed by atoms with van der Waals surface area (Å²) in [5.74, 6) is -0.0864. The zero-order valence-electron chi connectivity index (χ0n) is 13.8. The molecule has 0 spiro atoms. The highest BCUT2D eigenvalue weighted by molar-refractivity contribution is 7.10. The molecule has 1 aromatic carbocycles. The molecule has 124 valence electrons. The van der Waals surface area contributed by atoms with Gasteiger partial charge in [0, 0.05) is 20.2 Å². The molecule has 0 aliphatic rings. The number of benzene rings is 1. The van der Waals surface area contributed by atoms with Crippen molar-refractivity contribution in [2.24, 2.45) is 0 Å². The average molecular weight is 333 g/mol. The third-order valence-electron chi connectivity index (χ3n) is 3.56. The minimum Gasteiger partial charge on any atom is -0.378 e. The van der Waals surface area contributed by atoms with E-state index < -0.39 is 0 Å². The van der Waals surface area contributed by atoms with Crippen LogP contribution in [0.3, 0.4) is 0 Å². The predicted molar refractivity (Wildman–Crippen MR) is 94.2 cm³/mol. The summed E-state index contributed by atoms with van der Waals surface area (Å²) >= 11 is 1.30. The number of hydrogen-bond acceptors (Lipinski definition) is 5. The molecule has 6 heteroatoms. The fourth-order valence-electron chi connectivity index (χ4n) is 2.25. The van der Waals surface area contributed by atoms with Crippen LogP contribution >= 0.6 is 11.5 Å². The Hall–Kier alpha value is -1.92. The summed E-state index contributed by atoms with van der Waals surface area (Å²) in [7, 11) is 1.79. The van der Waals surface area contributed by atoms with Crippen LogP contribution in [0.1, 0.15) is 41.1 Å². The molecule has 23 heavy (non-hydrogen) atoms. The molecule has 0 radical (unpaired) electrons. The number of carbonyl (C=O) groups is 1. The van der Waals surface area contributed by atoms with Gasteiger partial charge in [-0.1, -0.05) is 30.3 Å². The van der Waals surface area contributed by atoms with Crippen LogP contribution in [0.25, 0.3) is 0 Å². The van der Waals surface area contributed by atoms with Crippen molar-refractivity contribution in [3.63, 3.8) is 0 Å². The highest BCUT2D eigenvalue weighted by Crippen LogP contribution is 2.23. The van der Waals surface area contributed by atoms with Crippen molar-refractivity contribution >= 4 is 22.4 Å². The Morgan fingerprint density at radius 3 is 2.78 bits per heavy atom. The van der Waals surface area contributed by atoms with E-state index in [1.807, 2.05) is 32.0 Å². The van der Waals surface area contributed by atoms with Crippen LogP contribution in [0, 0.1) is 6.92 Å². The third kappa shape index (κ3) is 4.77. The fraction of sp³-hybridized carbons (Fsp3) is 0.412. The molecule has 1 heterocycles. The van der Waals surface area contributed by atoms with Crippen molar-refractivity contribution < 1.29 is 9.53 Å². The van der Waals surface area contributed by atoms with Gasteiger partial charge in [0.25, 0.3) is 5.91 Å². The summed E-state index contributed by atoms with van der Waals surface area (Å²) < 4.78 is 10.00. The largest absolute Gasteiger partial charge is 0.378 e. The van der Waals surface area contributed by atoms with Crippen molar-refractivity contribution in [3.8, 4) is 0 Å². The summed E-state index contributed by atoms with van der Waals surface area (Å²) in [6.07, 6.45) is 0.833. The van der Waals surface area contributed by atoms with Crippen LogP contribution in [0.5, 0.6) is 0 Å². The second-order valence-electron chi connectivity index (χ2n) is 5.26. The number of aryl methyl sites for hydroxylation is 1. The van der Waals surface area contributed by atoms with Crippen molar-refractivity contribution in [2.75, 3.05) is 25.5 Å². The zero-order chi connectivity index (χ0) is 16.7. The zero-order valence-corrected chi connectivity index (χ0v) is 14.6. The summed E-state index contributed by atoms with van der Waals surface area (Å²) in [5.41, 5.74) is 2.55. The maximum atomic E-state index is 12.2. The fourth-order valence-corrected chi connectivity index (χ4v) is 2.99. The Bertz CT molecular complexity index is 628. The van der Waals surface area contributed by atoms with Gasteiger partial charge < -0.3 is 15.4 Å². The molecule has 1 atom stereocenters. The SMILES string of the molecule is CNc1snc(C)c1C(=O)NCCCO[C@@H](C)c1ccccc1. The number of ether oxygens (including phenoxy) is 1. The molecule has 0 unspecified atom stereocenters. The average Bonchev–Trinajstić information content (AvgIpc) is 2.95. The van der Waals surface area contributed by atoms with Gasteiger partial charge >= 0.3 is 0 Å². The van der Waals surface area contributed by atoms with Crippen LogP contribution in [-0.4, -0.2) is 30.5 Å². The molecule has 0 aliphatic carbocycles. The van der Waals surface area contributed by atoms with Gasteiger partial charge in [-0.05, 0) is 37.4 Å². The van der Waals surface area contributed by atoms with E-state index in [-0.39, 0.29) is 12.0 Å². The summed E-state index contributed by atoms with van der Waals surface area (Å²) in [4.78, 5) is 12.2. The normalized spacial score (nSPS) is 12.0. The quantitative estimate of drug-likeness (QED) is 0.727. The summed E-state index contributed by atoms with van der Waals surface area (Å²) in [5, 5.41) is 6.72. The summed E-state index contributed by atoms with van der Waals surface area (Å²) in [6, 6.07) is 10.1. The number of anilines is 1. The van der Waals surface area contributed by atoms with Crippen molar-refractivity contribution in [3.05, 3.63) is 47.2 Å². The minimum absolute atomic E-state index is 0.0612. The first-order valence-electron chi connectivity index (χ1n) is 7.72. The van der Waals surface area contributed by atoms with E-state index in [9.17, 15) is 4.79 Å². The van der Waals surface area contributed by atoms with Crippen LogP contribution in [0.2, 0.25) is 0 Å². The van der Waals surface area contributed by atoms with Gasteiger partial charge in [0.1, 0.15) is 5.00 Å². The van der Waals surface area contributed by atoms with Gasteiger partial charge in [-0.2, -0.15) is 4.37 Å². The van der Waals surface area contributed by atoms with Crippen LogP contribution < -0.4 is 10.6 Å². The van der Waals surface area contributed by atoms with E-state index in [4.69, 9.17) is 4.74 Å². The number of rotatable bonds is 8.